The Kier molecular flexibility index (Phi) is 6.62. The summed E-state index contributed by atoms with van der Waals surface area (Å²) in [5, 5.41) is 14.4. The lowest BCUT2D eigenvalue weighted by Gasteiger charge is -2.27. The molecule has 2 aromatic rings. The zero-order valence-electron chi connectivity index (χ0n) is 16.4. The number of carboxylic acid groups (broad SMARTS) is 1. The fourth-order valence-corrected chi connectivity index (χ4v) is 3.66. The Hall–Kier alpha value is -3.36. The molecule has 0 aromatic heterocycles. The van der Waals surface area contributed by atoms with Gasteiger partial charge in [-0.05, 0) is 55.3 Å². The van der Waals surface area contributed by atoms with Crippen molar-refractivity contribution in [2.75, 3.05) is 10.6 Å². The number of carbonyl (C=O) groups is 3. The zero-order chi connectivity index (χ0) is 22.6. The first kappa shape index (κ1) is 22.3. The standard InChI is InChI=1S/C22H21F3N2O4/c23-22(24,25)14-4-3-5-16(12-14)27-19(28)13-8-10-15(11-9-13)26-20(29)17-6-1-2-7-18(17)21(30)31/h3-5,8-12,17-18H,1-2,6-7H2,(H,26,29)(H,27,28)(H,30,31). The van der Waals surface area contributed by atoms with Crippen molar-refractivity contribution in [3.63, 3.8) is 0 Å². The number of carboxylic acids is 1. The Morgan fingerprint density at radius 2 is 1.52 bits per heavy atom. The average molecular weight is 434 g/mol. The quantitative estimate of drug-likeness (QED) is 0.631. The van der Waals surface area contributed by atoms with Gasteiger partial charge in [0.05, 0.1) is 17.4 Å². The lowest BCUT2D eigenvalue weighted by molar-refractivity contribution is -0.147. The van der Waals surface area contributed by atoms with Gasteiger partial charge in [0.15, 0.2) is 0 Å². The minimum atomic E-state index is -4.52. The van der Waals surface area contributed by atoms with Crippen LogP contribution in [0.4, 0.5) is 24.5 Å². The Morgan fingerprint density at radius 1 is 0.871 bits per heavy atom. The normalized spacial score (nSPS) is 18.8. The summed E-state index contributed by atoms with van der Waals surface area (Å²) in [5.74, 6) is -3.30. The molecule has 164 valence electrons. The fraction of sp³-hybridized carbons (Fsp3) is 0.318. The molecule has 3 N–H and O–H groups in total. The number of anilines is 2. The number of halogens is 3. The second kappa shape index (κ2) is 9.20. The molecule has 0 aliphatic heterocycles. The van der Waals surface area contributed by atoms with Gasteiger partial charge in [-0.2, -0.15) is 13.2 Å². The number of nitrogens with one attached hydrogen (secondary N) is 2. The van der Waals surface area contributed by atoms with Crippen LogP contribution in [0.15, 0.2) is 48.5 Å². The third-order valence-electron chi connectivity index (χ3n) is 5.28. The molecule has 0 heterocycles. The first-order valence-electron chi connectivity index (χ1n) is 9.77. The van der Waals surface area contributed by atoms with Crippen molar-refractivity contribution in [3.05, 3.63) is 59.7 Å². The Morgan fingerprint density at radius 3 is 2.13 bits per heavy atom. The molecule has 2 aromatic carbocycles. The predicted octanol–water partition coefficient (Wildman–Crippen LogP) is 4.79. The van der Waals surface area contributed by atoms with Crippen molar-refractivity contribution in [3.8, 4) is 0 Å². The van der Waals surface area contributed by atoms with E-state index in [9.17, 15) is 32.7 Å². The van der Waals surface area contributed by atoms with Crippen LogP contribution in [0.25, 0.3) is 0 Å². The molecule has 6 nitrogen and oxygen atoms in total. The maximum absolute atomic E-state index is 12.8. The molecule has 31 heavy (non-hydrogen) atoms. The lowest BCUT2D eigenvalue weighted by Crippen LogP contribution is -2.36. The molecule has 1 aliphatic carbocycles. The molecule has 0 saturated heterocycles. The third kappa shape index (κ3) is 5.62. The van der Waals surface area contributed by atoms with E-state index in [0.29, 0.717) is 18.5 Å². The van der Waals surface area contributed by atoms with E-state index in [-0.39, 0.29) is 17.2 Å². The maximum Gasteiger partial charge on any atom is 0.416 e. The van der Waals surface area contributed by atoms with Crippen LogP contribution in [0.3, 0.4) is 0 Å². The summed E-state index contributed by atoms with van der Waals surface area (Å²) in [6.07, 6.45) is -1.99. The molecule has 2 amide bonds. The van der Waals surface area contributed by atoms with Gasteiger partial charge in [-0.3, -0.25) is 14.4 Å². The van der Waals surface area contributed by atoms with E-state index in [2.05, 4.69) is 10.6 Å². The van der Waals surface area contributed by atoms with E-state index in [4.69, 9.17) is 0 Å². The molecule has 0 spiro atoms. The predicted molar refractivity (Wildman–Crippen MR) is 108 cm³/mol. The van der Waals surface area contributed by atoms with E-state index < -0.39 is 35.5 Å². The van der Waals surface area contributed by atoms with Gasteiger partial charge in [0.2, 0.25) is 5.91 Å². The van der Waals surface area contributed by atoms with E-state index in [1.54, 1.807) is 0 Å². The summed E-state index contributed by atoms with van der Waals surface area (Å²) in [6, 6.07) is 10.1. The largest absolute Gasteiger partial charge is 0.481 e. The van der Waals surface area contributed by atoms with Gasteiger partial charge in [0.1, 0.15) is 0 Å². The summed E-state index contributed by atoms with van der Waals surface area (Å²) in [5.41, 5.74) is -0.272. The maximum atomic E-state index is 12.8. The fourth-order valence-electron chi connectivity index (χ4n) is 3.66. The lowest BCUT2D eigenvalue weighted by atomic mass is 9.78. The van der Waals surface area contributed by atoms with Gasteiger partial charge in [-0.25, -0.2) is 0 Å². The van der Waals surface area contributed by atoms with Crippen molar-refractivity contribution in [1.82, 2.24) is 0 Å². The zero-order valence-corrected chi connectivity index (χ0v) is 16.4. The van der Waals surface area contributed by atoms with Crippen LogP contribution >= 0.6 is 0 Å². The molecule has 9 heteroatoms. The molecule has 3 rings (SSSR count). The van der Waals surface area contributed by atoms with Crippen LogP contribution < -0.4 is 10.6 Å². The van der Waals surface area contributed by atoms with Crippen LogP contribution in [0.1, 0.15) is 41.6 Å². The molecule has 0 radical (unpaired) electrons. The van der Waals surface area contributed by atoms with Crippen LogP contribution in [-0.2, 0) is 15.8 Å². The van der Waals surface area contributed by atoms with Crippen molar-refractivity contribution < 1.29 is 32.7 Å². The highest BCUT2D eigenvalue weighted by molar-refractivity contribution is 6.04. The Labute approximate surface area is 176 Å². The molecule has 0 bridgehead atoms. The number of rotatable bonds is 5. The van der Waals surface area contributed by atoms with Gasteiger partial charge < -0.3 is 15.7 Å². The van der Waals surface area contributed by atoms with E-state index in [0.717, 1.165) is 25.0 Å². The topological polar surface area (TPSA) is 95.5 Å². The highest BCUT2D eigenvalue weighted by Crippen LogP contribution is 2.32. The summed E-state index contributed by atoms with van der Waals surface area (Å²) in [4.78, 5) is 36.2. The summed E-state index contributed by atoms with van der Waals surface area (Å²) >= 11 is 0. The van der Waals surface area contributed by atoms with Gasteiger partial charge in [-0.1, -0.05) is 18.9 Å². The molecular weight excluding hydrogens is 413 g/mol. The van der Waals surface area contributed by atoms with Crippen molar-refractivity contribution in [2.45, 2.75) is 31.9 Å². The van der Waals surface area contributed by atoms with E-state index in [1.165, 1.54) is 36.4 Å². The summed E-state index contributed by atoms with van der Waals surface area (Å²) in [6.45, 7) is 0. The monoisotopic (exact) mass is 434 g/mol. The van der Waals surface area contributed by atoms with Gasteiger partial charge >= 0.3 is 12.1 Å². The van der Waals surface area contributed by atoms with E-state index >= 15 is 0 Å². The van der Waals surface area contributed by atoms with Crippen molar-refractivity contribution in [1.29, 1.82) is 0 Å². The number of aliphatic carboxylic acids is 1. The number of hydrogen-bond acceptors (Lipinski definition) is 3. The van der Waals surface area contributed by atoms with Gasteiger partial charge in [0.25, 0.3) is 5.91 Å². The number of amides is 2. The number of hydrogen-bond donors (Lipinski definition) is 3. The highest BCUT2D eigenvalue weighted by Gasteiger charge is 2.35. The van der Waals surface area contributed by atoms with Crippen LogP contribution in [-0.4, -0.2) is 22.9 Å². The van der Waals surface area contributed by atoms with E-state index in [1.807, 2.05) is 0 Å². The second-order valence-electron chi connectivity index (χ2n) is 7.43. The number of benzene rings is 2. The number of carbonyl (C=O) groups excluding carboxylic acids is 2. The van der Waals surface area contributed by atoms with Gasteiger partial charge in [-0.15, -0.1) is 0 Å². The average Bonchev–Trinajstić information content (AvgIpc) is 2.73. The van der Waals surface area contributed by atoms with Gasteiger partial charge in [0, 0.05) is 16.9 Å². The van der Waals surface area contributed by atoms with Crippen molar-refractivity contribution >= 4 is 29.2 Å². The Balaban J connectivity index is 1.64. The molecule has 1 fully saturated rings. The first-order valence-corrected chi connectivity index (χ1v) is 9.77. The van der Waals surface area contributed by atoms with Crippen molar-refractivity contribution in [2.24, 2.45) is 11.8 Å². The SMILES string of the molecule is O=C(Nc1cccc(C(F)(F)F)c1)c1ccc(NC(=O)C2CCCCC2C(=O)O)cc1. The first-order chi connectivity index (χ1) is 14.6. The summed E-state index contributed by atoms with van der Waals surface area (Å²) in [7, 11) is 0. The summed E-state index contributed by atoms with van der Waals surface area (Å²) < 4.78 is 38.4. The molecule has 2 unspecified atom stereocenters. The van der Waals surface area contributed by atoms with Crippen LogP contribution in [0, 0.1) is 11.8 Å². The molecular formula is C22H21F3N2O4. The molecule has 1 aliphatic rings. The minimum Gasteiger partial charge on any atom is -0.481 e. The van der Waals surface area contributed by atoms with Crippen LogP contribution in [0.5, 0.6) is 0 Å². The smallest absolute Gasteiger partial charge is 0.416 e. The molecule has 2 atom stereocenters. The second-order valence-corrected chi connectivity index (χ2v) is 7.43. The highest BCUT2D eigenvalue weighted by atomic mass is 19.4. The minimum absolute atomic E-state index is 0.00853. The Bertz CT molecular complexity index is 973. The third-order valence-corrected chi connectivity index (χ3v) is 5.28. The van der Waals surface area contributed by atoms with Crippen LogP contribution in [0.2, 0.25) is 0 Å². The number of alkyl halides is 3. The molecule has 1 saturated carbocycles.